The van der Waals surface area contributed by atoms with Gasteiger partial charge in [-0.25, -0.2) is 17.2 Å². The molecule has 1 unspecified atom stereocenters. The van der Waals surface area contributed by atoms with Crippen molar-refractivity contribution < 1.29 is 17.2 Å². The minimum Gasteiger partial charge on any atom is -0.314 e. The molecule has 5 nitrogen and oxygen atoms in total. The van der Waals surface area contributed by atoms with Crippen LogP contribution in [0.25, 0.3) is 0 Å². The van der Waals surface area contributed by atoms with Crippen LogP contribution in [0, 0.1) is 11.6 Å². The standard InChI is InChI=1S/C14H19F2N3O2S/c15-11-1-2-14(13(16)9-11)22(20,21)19-6-3-12(10-19)18-7-4-17-5-8-18/h1-2,9,12,17H,3-8,10H2. The van der Waals surface area contributed by atoms with E-state index >= 15 is 0 Å². The molecular formula is C14H19F2N3O2S. The average molecular weight is 331 g/mol. The molecule has 0 spiro atoms. The molecule has 0 amide bonds. The molecule has 0 aromatic heterocycles. The lowest BCUT2D eigenvalue weighted by Crippen LogP contribution is -2.49. The van der Waals surface area contributed by atoms with Gasteiger partial charge in [0.25, 0.3) is 0 Å². The van der Waals surface area contributed by atoms with Crippen molar-refractivity contribution in [3.05, 3.63) is 29.8 Å². The number of rotatable bonds is 3. The van der Waals surface area contributed by atoms with Crippen LogP contribution in [-0.2, 0) is 10.0 Å². The Bertz CT molecular complexity index is 647. The van der Waals surface area contributed by atoms with Crippen LogP contribution in [0.2, 0.25) is 0 Å². The normalized spacial score (nSPS) is 24.7. The highest BCUT2D eigenvalue weighted by atomic mass is 32.2. The van der Waals surface area contributed by atoms with E-state index in [2.05, 4.69) is 10.2 Å². The second-order valence-corrected chi connectivity index (χ2v) is 7.57. The lowest BCUT2D eigenvalue weighted by molar-refractivity contribution is 0.179. The van der Waals surface area contributed by atoms with Crippen molar-refractivity contribution in [2.45, 2.75) is 17.4 Å². The van der Waals surface area contributed by atoms with Crippen molar-refractivity contribution >= 4 is 10.0 Å². The van der Waals surface area contributed by atoms with E-state index in [0.29, 0.717) is 19.2 Å². The van der Waals surface area contributed by atoms with E-state index in [9.17, 15) is 17.2 Å². The molecule has 2 fully saturated rings. The number of nitrogens with zero attached hydrogens (tertiary/aromatic N) is 2. The molecule has 2 heterocycles. The summed E-state index contributed by atoms with van der Waals surface area (Å²) in [5.74, 6) is -1.82. The molecule has 2 aliphatic rings. The van der Waals surface area contributed by atoms with Crippen molar-refractivity contribution in [2.75, 3.05) is 39.3 Å². The minimum atomic E-state index is -3.91. The SMILES string of the molecule is O=S(=O)(c1ccc(F)cc1F)N1CCC(N2CCNCC2)C1. The van der Waals surface area contributed by atoms with Crippen molar-refractivity contribution in [3.63, 3.8) is 0 Å². The van der Waals surface area contributed by atoms with Crippen LogP contribution in [-0.4, -0.2) is 62.9 Å². The molecule has 0 saturated carbocycles. The Morgan fingerprint density at radius 2 is 1.86 bits per heavy atom. The number of sulfonamides is 1. The van der Waals surface area contributed by atoms with Gasteiger partial charge in [0, 0.05) is 51.4 Å². The molecule has 122 valence electrons. The Kier molecular flexibility index (Phi) is 4.44. The van der Waals surface area contributed by atoms with Gasteiger partial charge in [-0.05, 0) is 18.6 Å². The zero-order valence-corrected chi connectivity index (χ0v) is 13.0. The highest BCUT2D eigenvalue weighted by Gasteiger charge is 2.36. The van der Waals surface area contributed by atoms with Gasteiger partial charge in [-0.15, -0.1) is 0 Å². The van der Waals surface area contributed by atoms with Crippen LogP contribution in [0.5, 0.6) is 0 Å². The first-order valence-electron chi connectivity index (χ1n) is 7.38. The summed E-state index contributed by atoms with van der Waals surface area (Å²) in [7, 11) is -3.91. The summed E-state index contributed by atoms with van der Waals surface area (Å²) in [5, 5.41) is 3.26. The molecule has 0 bridgehead atoms. The fourth-order valence-corrected chi connectivity index (χ4v) is 4.64. The monoisotopic (exact) mass is 331 g/mol. The maximum Gasteiger partial charge on any atom is 0.246 e. The summed E-state index contributed by atoms with van der Waals surface area (Å²) < 4.78 is 53.1. The fourth-order valence-electron chi connectivity index (χ4n) is 3.10. The van der Waals surface area contributed by atoms with Gasteiger partial charge in [0.05, 0.1) is 0 Å². The van der Waals surface area contributed by atoms with Gasteiger partial charge in [0.15, 0.2) is 0 Å². The Morgan fingerprint density at radius 1 is 1.14 bits per heavy atom. The third-order valence-corrected chi connectivity index (χ3v) is 6.20. The number of benzene rings is 1. The highest BCUT2D eigenvalue weighted by Crippen LogP contribution is 2.25. The first-order valence-corrected chi connectivity index (χ1v) is 8.82. The zero-order valence-electron chi connectivity index (χ0n) is 12.1. The number of piperazine rings is 1. The predicted octanol–water partition coefficient (Wildman–Crippen LogP) is 0.633. The molecule has 2 aliphatic heterocycles. The number of hydrogen-bond acceptors (Lipinski definition) is 4. The molecule has 1 aromatic rings. The first kappa shape index (κ1) is 15.8. The quantitative estimate of drug-likeness (QED) is 0.883. The van der Waals surface area contributed by atoms with Crippen LogP contribution in [0.4, 0.5) is 8.78 Å². The summed E-state index contributed by atoms with van der Waals surface area (Å²) in [5.41, 5.74) is 0. The molecule has 0 aliphatic carbocycles. The first-order chi connectivity index (χ1) is 10.5. The summed E-state index contributed by atoms with van der Waals surface area (Å²) >= 11 is 0. The van der Waals surface area contributed by atoms with Crippen molar-refractivity contribution in [1.82, 2.24) is 14.5 Å². The van der Waals surface area contributed by atoms with Gasteiger partial charge < -0.3 is 5.32 Å². The zero-order chi connectivity index (χ0) is 15.7. The van der Waals surface area contributed by atoms with Crippen molar-refractivity contribution in [1.29, 1.82) is 0 Å². The summed E-state index contributed by atoms with van der Waals surface area (Å²) in [6, 6.07) is 2.75. The summed E-state index contributed by atoms with van der Waals surface area (Å²) in [6.45, 7) is 4.31. The predicted molar refractivity (Wildman–Crippen MR) is 78.0 cm³/mol. The maximum absolute atomic E-state index is 13.8. The van der Waals surface area contributed by atoms with Crippen LogP contribution in [0.3, 0.4) is 0 Å². The van der Waals surface area contributed by atoms with Crippen molar-refractivity contribution in [3.8, 4) is 0 Å². The second-order valence-electron chi connectivity index (χ2n) is 5.67. The van der Waals surface area contributed by atoms with Gasteiger partial charge in [0.2, 0.25) is 10.0 Å². The Balaban J connectivity index is 1.76. The molecule has 1 aromatic carbocycles. The van der Waals surface area contributed by atoms with Crippen LogP contribution in [0.15, 0.2) is 23.1 Å². The van der Waals surface area contributed by atoms with Gasteiger partial charge in [-0.2, -0.15) is 4.31 Å². The number of halogens is 2. The van der Waals surface area contributed by atoms with E-state index in [-0.39, 0.29) is 6.04 Å². The van der Waals surface area contributed by atoms with E-state index < -0.39 is 26.6 Å². The molecular weight excluding hydrogens is 312 g/mol. The third-order valence-electron chi connectivity index (χ3n) is 4.31. The number of nitrogens with one attached hydrogen (secondary N) is 1. The van der Waals surface area contributed by atoms with Crippen LogP contribution >= 0.6 is 0 Å². The molecule has 2 saturated heterocycles. The Hall–Kier alpha value is -1.09. The van der Waals surface area contributed by atoms with Crippen molar-refractivity contribution in [2.24, 2.45) is 0 Å². The summed E-state index contributed by atoms with van der Waals surface area (Å²) in [4.78, 5) is 1.82. The Morgan fingerprint density at radius 3 is 2.55 bits per heavy atom. The average Bonchev–Trinajstić information content (AvgIpc) is 2.98. The van der Waals surface area contributed by atoms with Gasteiger partial charge in [-0.3, -0.25) is 4.90 Å². The van der Waals surface area contributed by atoms with Gasteiger partial charge >= 0.3 is 0 Å². The number of hydrogen-bond donors (Lipinski definition) is 1. The van der Waals surface area contributed by atoms with E-state index in [0.717, 1.165) is 44.7 Å². The largest absolute Gasteiger partial charge is 0.314 e. The molecule has 1 atom stereocenters. The van der Waals surface area contributed by atoms with E-state index in [1.54, 1.807) is 0 Å². The molecule has 8 heteroatoms. The molecule has 0 radical (unpaired) electrons. The fraction of sp³-hybridized carbons (Fsp3) is 0.571. The molecule has 22 heavy (non-hydrogen) atoms. The molecule has 1 N–H and O–H groups in total. The second kappa shape index (κ2) is 6.19. The third kappa shape index (κ3) is 3.01. The smallest absolute Gasteiger partial charge is 0.246 e. The van der Waals surface area contributed by atoms with Gasteiger partial charge in [-0.1, -0.05) is 0 Å². The lowest BCUT2D eigenvalue weighted by atomic mass is 10.2. The highest BCUT2D eigenvalue weighted by molar-refractivity contribution is 7.89. The van der Waals surface area contributed by atoms with E-state index in [4.69, 9.17) is 0 Å². The minimum absolute atomic E-state index is 0.167. The van der Waals surface area contributed by atoms with Crippen LogP contribution < -0.4 is 5.32 Å². The summed E-state index contributed by atoms with van der Waals surface area (Å²) in [6.07, 6.45) is 0.738. The van der Waals surface area contributed by atoms with Crippen LogP contribution in [0.1, 0.15) is 6.42 Å². The van der Waals surface area contributed by atoms with Gasteiger partial charge in [0.1, 0.15) is 16.5 Å². The maximum atomic E-state index is 13.8. The van der Waals surface area contributed by atoms with E-state index in [1.165, 1.54) is 4.31 Å². The lowest BCUT2D eigenvalue weighted by Gasteiger charge is -2.32. The van der Waals surface area contributed by atoms with E-state index in [1.807, 2.05) is 0 Å². The molecule has 3 rings (SSSR count). The topological polar surface area (TPSA) is 52.7 Å². The Labute approximate surface area is 129 Å².